The van der Waals surface area contributed by atoms with E-state index in [9.17, 15) is 9.59 Å². The van der Waals surface area contributed by atoms with Gasteiger partial charge in [-0.25, -0.2) is 0 Å². The summed E-state index contributed by atoms with van der Waals surface area (Å²) < 4.78 is 0. The van der Waals surface area contributed by atoms with E-state index >= 15 is 0 Å². The summed E-state index contributed by atoms with van der Waals surface area (Å²) in [5.41, 5.74) is 1.99. The number of amides is 2. The Balaban J connectivity index is 1.97. The van der Waals surface area contributed by atoms with Crippen LogP contribution in [-0.2, 0) is 16.0 Å². The predicted octanol–water partition coefficient (Wildman–Crippen LogP) is 2.84. The van der Waals surface area contributed by atoms with Crippen molar-refractivity contribution in [2.24, 2.45) is 5.92 Å². The fourth-order valence-electron chi connectivity index (χ4n) is 2.70. The summed E-state index contributed by atoms with van der Waals surface area (Å²) in [6.45, 7) is 5.49. The van der Waals surface area contributed by atoms with Crippen LogP contribution in [-0.4, -0.2) is 29.8 Å². The number of hydrogen-bond donors (Lipinski definition) is 1. The van der Waals surface area contributed by atoms with Crippen molar-refractivity contribution in [2.75, 3.05) is 18.4 Å². The molecule has 0 unspecified atom stereocenters. The lowest BCUT2D eigenvalue weighted by Crippen LogP contribution is -2.29. The quantitative estimate of drug-likeness (QED) is 0.875. The predicted molar refractivity (Wildman–Crippen MR) is 84.0 cm³/mol. The molecule has 0 aromatic heterocycles. The summed E-state index contributed by atoms with van der Waals surface area (Å²) >= 11 is 0. The lowest BCUT2D eigenvalue weighted by atomic mass is 10.1. The monoisotopic (exact) mass is 288 g/mol. The molecule has 0 radical (unpaired) electrons. The fraction of sp³-hybridized carbons (Fsp3) is 0.529. The molecule has 1 heterocycles. The molecule has 2 amide bonds. The van der Waals surface area contributed by atoms with Gasteiger partial charge in [0.2, 0.25) is 11.8 Å². The minimum atomic E-state index is -0.223. The van der Waals surface area contributed by atoms with Gasteiger partial charge in [-0.05, 0) is 24.5 Å². The van der Waals surface area contributed by atoms with Gasteiger partial charge < -0.3 is 10.2 Å². The van der Waals surface area contributed by atoms with Crippen LogP contribution >= 0.6 is 0 Å². The Bertz CT molecular complexity index is 513. The number of carbonyl (C=O) groups is 2. The van der Waals surface area contributed by atoms with E-state index in [2.05, 4.69) is 19.2 Å². The zero-order valence-electron chi connectivity index (χ0n) is 12.9. The van der Waals surface area contributed by atoms with Gasteiger partial charge in [0, 0.05) is 25.2 Å². The van der Waals surface area contributed by atoms with Crippen molar-refractivity contribution in [3.05, 3.63) is 29.8 Å². The molecule has 1 fully saturated rings. The highest BCUT2D eigenvalue weighted by molar-refractivity contribution is 5.97. The first kappa shape index (κ1) is 15.5. The van der Waals surface area contributed by atoms with Crippen LogP contribution in [0.3, 0.4) is 0 Å². The second-order valence-corrected chi connectivity index (χ2v) is 5.59. The average molecular weight is 288 g/mol. The number of aryl methyl sites for hydroxylation is 1. The van der Waals surface area contributed by atoms with Crippen LogP contribution in [0.25, 0.3) is 0 Å². The van der Waals surface area contributed by atoms with Crippen molar-refractivity contribution < 1.29 is 9.59 Å². The molecular formula is C17H24N2O2. The molecule has 2 rings (SSSR count). The number of nitrogens with one attached hydrogen (secondary N) is 1. The minimum Gasteiger partial charge on any atom is -0.342 e. The first-order valence-electron chi connectivity index (χ1n) is 7.82. The number of para-hydroxylation sites is 1. The Hall–Kier alpha value is -1.84. The van der Waals surface area contributed by atoms with Gasteiger partial charge in [0.15, 0.2) is 0 Å². The Kier molecular flexibility index (Phi) is 5.37. The maximum absolute atomic E-state index is 12.4. The third kappa shape index (κ3) is 3.84. The third-order valence-corrected chi connectivity index (χ3v) is 4.02. The summed E-state index contributed by atoms with van der Waals surface area (Å²) in [6.07, 6.45) is 3.27. The second kappa shape index (κ2) is 7.25. The van der Waals surface area contributed by atoms with E-state index < -0.39 is 0 Å². The summed E-state index contributed by atoms with van der Waals surface area (Å²) in [4.78, 5) is 26.1. The Labute approximate surface area is 126 Å². The number of carbonyl (C=O) groups excluding carboxylic acids is 2. The smallest absolute Gasteiger partial charge is 0.229 e. The maximum atomic E-state index is 12.4. The standard InChI is InChI=1S/C17H24N2O2/c1-3-5-10-19-12-14(11-16(19)20)17(21)18-15-9-7-6-8-13(15)4-2/h6-9,14H,3-5,10-12H2,1-2H3,(H,18,21)/t14-/m0/s1. The Morgan fingerprint density at radius 2 is 2.10 bits per heavy atom. The molecule has 1 saturated heterocycles. The van der Waals surface area contributed by atoms with Gasteiger partial charge in [-0.1, -0.05) is 38.5 Å². The fourth-order valence-corrected chi connectivity index (χ4v) is 2.70. The Morgan fingerprint density at radius 1 is 1.33 bits per heavy atom. The number of benzene rings is 1. The van der Waals surface area contributed by atoms with Crippen LogP contribution in [0.1, 0.15) is 38.7 Å². The van der Waals surface area contributed by atoms with Gasteiger partial charge in [0.05, 0.1) is 5.92 Å². The van der Waals surface area contributed by atoms with E-state index in [1.807, 2.05) is 29.2 Å². The summed E-state index contributed by atoms with van der Waals surface area (Å²) in [6, 6.07) is 7.83. The van der Waals surface area contributed by atoms with E-state index in [1.165, 1.54) is 0 Å². The molecule has 0 aliphatic carbocycles. The molecule has 0 saturated carbocycles. The van der Waals surface area contributed by atoms with Crippen LogP contribution in [0, 0.1) is 5.92 Å². The Morgan fingerprint density at radius 3 is 2.81 bits per heavy atom. The maximum Gasteiger partial charge on any atom is 0.229 e. The van der Waals surface area contributed by atoms with Crippen molar-refractivity contribution in [2.45, 2.75) is 39.5 Å². The first-order chi connectivity index (χ1) is 10.2. The molecular weight excluding hydrogens is 264 g/mol. The number of hydrogen-bond acceptors (Lipinski definition) is 2. The average Bonchev–Trinajstić information content (AvgIpc) is 2.87. The molecule has 1 aromatic rings. The molecule has 0 bridgehead atoms. The first-order valence-corrected chi connectivity index (χ1v) is 7.82. The lowest BCUT2D eigenvalue weighted by molar-refractivity contribution is -0.128. The highest BCUT2D eigenvalue weighted by Crippen LogP contribution is 2.22. The van der Waals surface area contributed by atoms with E-state index in [0.29, 0.717) is 13.0 Å². The van der Waals surface area contributed by atoms with Gasteiger partial charge in [-0.2, -0.15) is 0 Å². The van der Waals surface area contributed by atoms with Crippen LogP contribution in [0.2, 0.25) is 0 Å². The summed E-state index contributed by atoms with van der Waals surface area (Å²) in [5.74, 6) is -0.158. The molecule has 1 atom stereocenters. The van der Waals surface area contributed by atoms with Gasteiger partial charge >= 0.3 is 0 Å². The molecule has 1 N–H and O–H groups in total. The SMILES string of the molecule is CCCCN1C[C@@H](C(=O)Nc2ccccc2CC)CC1=O. The summed E-state index contributed by atoms with van der Waals surface area (Å²) in [7, 11) is 0. The van der Waals surface area contributed by atoms with Gasteiger partial charge in [0.25, 0.3) is 0 Å². The molecule has 4 nitrogen and oxygen atoms in total. The van der Waals surface area contributed by atoms with Gasteiger partial charge in [-0.15, -0.1) is 0 Å². The van der Waals surface area contributed by atoms with Crippen LogP contribution in [0.15, 0.2) is 24.3 Å². The van der Waals surface area contributed by atoms with Crippen molar-refractivity contribution in [1.82, 2.24) is 4.90 Å². The van der Waals surface area contributed by atoms with Gasteiger partial charge in [0.1, 0.15) is 0 Å². The molecule has 1 aliphatic rings. The molecule has 0 spiro atoms. The molecule has 4 heteroatoms. The van der Waals surface area contributed by atoms with Crippen molar-refractivity contribution in [1.29, 1.82) is 0 Å². The molecule has 1 aromatic carbocycles. The van der Waals surface area contributed by atoms with Crippen LogP contribution in [0.5, 0.6) is 0 Å². The molecule has 114 valence electrons. The van der Waals surface area contributed by atoms with Crippen LogP contribution in [0.4, 0.5) is 5.69 Å². The highest BCUT2D eigenvalue weighted by Gasteiger charge is 2.33. The van der Waals surface area contributed by atoms with Crippen molar-refractivity contribution in [3.8, 4) is 0 Å². The zero-order chi connectivity index (χ0) is 15.2. The molecule has 1 aliphatic heterocycles. The second-order valence-electron chi connectivity index (χ2n) is 5.59. The number of unbranched alkanes of at least 4 members (excludes halogenated alkanes) is 1. The zero-order valence-corrected chi connectivity index (χ0v) is 12.9. The van der Waals surface area contributed by atoms with Crippen LogP contribution < -0.4 is 5.32 Å². The number of anilines is 1. The highest BCUT2D eigenvalue weighted by atomic mass is 16.2. The minimum absolute atomic E-state index is 0.0387. The lowest BCUT2D eigenvalue weighted by Gasteiger charge is -2.16. The number of likely N-dealkylation sites (tertiary alicyclic amines) is 1. The van der Waals surface area contributed by atoms with E-state index in [1.54, 1.807) is 0 Å². The number of nitrogens with zero attached hydrogens (tertiary/aromatic N) is 1. The number of rotatable bonds is 6. The normalized spacial score (nSPS) is 18.1. The third-order valence-electron chi connectivity index (χ3n) is 4.02. The van der Waals surface area contributed by atoms with Crippen molar-refractivity contribution >= 4 is 17.5 Å². The van der Waals surface area contributed by atoms with E-state index in [4.69, 9.17) is 0 Å². The topological polar surface area (TPSA) is 49.4 Å². The summed E-state index contributed by atoms with van der Waals surface area (Å²) in [5, 5.41) is 2.98. The molecule has 21 heavy (non-hydrogen) atoms. The van der Waals surface area contributed by atoms with Crippen molar-refractivity contribution in [3.63, 3.8) is 0 Å². The van der Waals surface area contributed by atoms with E-state index in [-0.39, 0.29) is 17.7 Å². The largest absolute Gasteiger partial charge is 0.342 e. The van der Waals surface area contributed by atoms with E-state index in [0.717, 1.165) is 37.1 Å². The van der Waals surface area contributed by atoms with Gasteiger partial charge in [-0.3, -0.25) is 9.59 Å².